The summed E-state index contributed by atoms with van der Waals surface area (Å²) in [5.41, 5.74) is 2.71. The van der Waals surface area contributed by atoms with Gasteiger partial charge >= 0.3 is 0 Å². The fourth-order valence-corrected chi connectivity index (χ4v) is 3.16. The molecule has 0 unspecified atom stereocenters. The van der Waals surface area contributed by atoms with Crippen LogP contribution in [0.3, 0.4) is 0 Å². The number of carbonyl (C=O) groups excluding carboxylic acids is 1. The first-order chi connectivity index (χ1) is 10.2. The highest BCUT2D eigenvalue weighted by molar-refractivity contribution is 7.09. The van der Waals surface area contributed by atoms with Crippen LogP contribution in [0.5, 0.6) is 0 Å². The molecule has 0 amide bonds. The molecule has 0 aliphatic carbocycles. The van der Waals surface area contributed by atoms with E-state index in [9.17, 15) is 4.79 Å². The fraction of sp³-hybridized carbons (Fsp3) is 0.312. The summed E-state index contributed by atoms with van der Waals surface area (Å²) in [5, 5.41) is 2.89. The van der Waals surface area contributed by atoms with E-state index in [4.69, 9.17) is 0 Å². The first-order valence-corrected chi connectivity index (χ1v) is 7.99. The molecular weight excluding hydrogens is 282 g/mol. The van der Waals surface area contributed by atoms with Gasteiger partial charge < -0.3 is 4.98 Å². The number of H-pyrrole nitrogens is 1. The van der Waals surface area contributed by atoms with Gasteiger partial charge in [0.2, 0.25) is 0 Å². The molecule has 1 N–H and O–H groups in total. The van der Waals surface area contributed by atoms with Crippen molar-refractivity contribution in [3.8, 4) is 0 Å². The standard InChI is InChI=1S/C16H17N3OS/c1-11(20)14-10-21-16(19-14)9-5-4-8-15-17-12-6-2-3-7-13(12)18-15/h2-3,6-7,10H,4-5,8-9H2,1H3,(H,17,18). The van der Waals surface area contributed by atoms with Gasteiger partial charge in [0.25, 0.3) is 0 Å². The molecule has 108 valence electrons. The Morgan fingerprint density at radius 2 is 2.00 bits per heavy atom. The Bertz CT molecular complexity index is 727. The third-order valence-corrected chi connectivity index (χ3v) is 4.31. The number of aromatic amines is 1. The second kappa shape index (κ2) is 6.18. The van der Waals surface area contributed by atoms with E-state index in [1.54, 1.807) is 18.3 Å². The predicted octanol–water partition coefficient (Wildman–Crippen LogP) is 3.79. The molecule has 21 heavy (non-hydrogen) atoms. The summed E-state index contributed by atoms with van der Waals surface area (Å²) in [4.78, 5) is 23.4. The molecule has 0 fully saturated rings. The maximum Gasteiger partial charge on any atom is 0.178 e. The summed E-state index contributed by atoms with van der Waals surface area (Å²) < 4.78 is 0. The molecule has 4 nitrogen and oxygen atoms in total. The SMILES string of the molecule is CC(=O)c1csc(CCCCc2nc3ccccc3[nH]2)n1. The number of imidazole rings is 1. The monoisotopic (exact) mass is 299 g/mol. The van der Waals surface area contributed by atoms with E-state index >= 15 is 0 Å². The Morgan fingerprint density at radius 1 is 1.19 bits per heavy atom. The molecule has 1 aromatic carbocycles. The van der Waals surface area contributed by atoms with Crippen molar-refractivity contribution < 1.29 is 4.79 Å². The van der Waals surface area contributed by atoms with Gasteiger partial charge in [0.1, 0.15) is 11.5 Å². The second-order valence-corrected chi connectivity index (χ2v) is 6.03. The van der Waals surface area contributed by atoms with Gasteiger partial charge in [-0.2, -0.15) is 0 Å². The maximum absolute atomic E-state index is 11.2. The van der Waals surface area contributed by atoms with Gasteiger partial charge in [-0.05, 0) is 31.4 Å². The number of para-hydroxylation sites is 2. The summed E-state index contributed by atoms with van der Waals surface area (Å²) in [6.45, 7) is 1.56. The van der Waals surface area contributed by atoms with E-state index in [2.05, 4.69) is 15.0 Å². The van der Waals surface area contributed by atoms with Crippen LogP contribution in [0.1, 0.15) is 41.1 Å². The number of nitrogens with one attached hydrogen (secondary N) is 1. The molecule has 2 aromatic heterocycles. The Hall–Kier alpha value is -2.01. The molecule has 0 saturated heterocycles. The molecule has 0 aliphatic heterocycles. The van der Waals surface area contributed by atoms with Crippen molar-refractivity contribution in [1.82, 2.24) is 15.0 Å². The van der Waals surface area contributed by atoms with E-state index in [1.807, 2.05) is 29.6 Å². The Morgan fingerprint density at radius 3 is 2.76 bits per heavy atom. The molecule has 0 spiro atoms. The molecule has 0 atom stereocenters. The number of hydrogen-bond acceptors (Lipinski definition) is 4. The van der Waals surface area contributed by atoms with Crippen LogP contribution in [-0.4, -0.2) is 20.7 Å². The van der Waals surface area contributed by atoms with E-state index < -0.39 is 0 Å². The molecule has 0 bridgehead atoms. The van der Waals surface area contributed by atoms with Crippen LogP contribution < -0.4 is 0 Å². The number of aryl methyl sites for hydroxylation is 2. The number of Topliss-reactive ketones (excluding diaryl/α,β-unsaturated/α-hetero) is 1. The number of unbranched alkanes of at least 4 members (excludes halogenated alkanes) is 1. The lowest BCUT2D eigenvalue weighted by atomic mass is 10.2. The minimum atomic E-state index is 0.0415. The molecule has 0 saturated carbocycles. The summed E-state index contributed by atoms with van der Waals surface area (Å²) in [6, 6.07) is 8.08. The maximum atomic E-state index is 11.2. The van der Waals surface area contributed by atoms with Crippen molar-refractivity contribution >= 4 is 28.2 Å². The molecule has 5 heteroatoms. The minimum Gasteiger partial charge on any atom is -0.342 e. The largest absolute Gasteiger partial charge is 0.342 e. The first kappa shape index (κ1) is 13.9. The average Bonchev–Trinajstić information content (AvgIpc) is 3.10. The summed E-state index contributed by atoms with van der Waals surface area (Å²) in [6.07, 6.45) is 3.99. The van der Waals surface area contributed by atoms with Crippen molar-refractivity contribution in [1.29, 1.82) is 0 Å². The van der Waals surface area contributed by atoms with Crippen LogP contribution in [0, 0.1) is 0 Å². The van der Waals surface area contributed by atoms with Gasteiger partial charge in [-0.15, -0.1) is 11.3 Å². The lowest BCUT2D eigenvalue weighted by Crippen LogP contribution is -1.94. The van der Waals surface area contributed by atoms with Crippen molar-refractivity contribution in [2.24, 2.45) is 0 Å². The van der Waals surface area contributed by atoms with Crippen molar-refractivity contribution in [2.75, 3.05) is 0 Å². The van der Waals surface area contributed by atoms with Crippen molar-refractivity contribution in [2.45, 2.75) is 32.6 Å². The van der Waals surface area contributed by atoms with Gasteiger partial charge in [-0.25, -0.2) is 9.97 Å². The number of carbonyl (C=O) groups is 1. The normalized spacial score (nSPS) is 11.1. The minimum absolute atomic E-state index is 0.0415. The van der Waals surface area contributed by atoms with Gasteiger partial charge in [0, 0.05) is 18.7 Å². The molecule has 0 aliphatic rings. The highest BCUT2D eigenvalue weighted by Crippen LogP contribution is 2.15. The predicted molar refractivity (Wildman–Crippen MR) is 84.9 cm³/mol. The Labute approximate surface area is 127 Å². The van der Waals surface area contributed by atoms with Crippen molar-refractivity contribution in [3.63, 3.8) is 0 Å². The molecule has 3 aromatic rings. The van der Waals surface area contributed by atoms with E-state index in [0.717, 1.165) is 47.5 Å². The van der Waals surface area contributed by atoms with Crippen LogP contribution >= 0.6 is 11.3 Å². The topological polar surface area (TPSA) is 58.6 Å². The number of rotatable bonds is 6. The van der Waals surface area contributed by atoms with Gasteiger partial charge in [-0.1, -0.05) is 12.1 Å². The first-order valence-electron chi connectivity index (χ1n) is 7.11. The van der Waals surface area contributed by atoms with Crippen LogP contribution in [0.2, 0.25) is 0 Å². The summed E-state index contributed by atoms with van der Waals surface area (Å²) in [7, 11) is 0. The van der Waals surface area contributed by atoms with Gasteiger partial charge in [0.15, 0.2) is 5.78 Å². The highest BCUT2D eigenvalue weighted by atomic mass is 32.1. The van der Waals surface area contributed by atoms with E-state index in [1.165, 1.54) is 0 Å². The van der Waals surface area contributed by atoms with E-state index in [0.29, 0.717) is 5.69 Å². The number of nitrogens with zero attached hydrogens (tertiary/aromatic N) is 2. The smallest absolute Gasteiger partial charge is 0.178 e. The zero-order valence-electron chi connectivity index (χ0n) is 11.9. The number of thiazole rings is 1. The van der Waals surface area contributed by atoms with Crippen LogP contribution in [-0.2, 0) is 12.8 Å². The fourth-order valence-electron chi connectivity index (χ4n) is 2.28. The number of hydrogen-bond donors (Lipinski definition) is 1. The van der Waals surface area contributed by atoms with Crippen LogP contribution in [0.4, 0.5) is 0 Å². The molecule has 0 radical (unpaired) electrons. The van der Waals surface area contributed by atoms with Gasteiger partial charge in [0.05, 0.1) is 16.0 Å². The average molecular weight is 299 g/mol. The summed E-state index contributed by atoms with van der Waals surface area (Å²) >= 11 is 1.57. The number of benzene rings is 1. The zero-order valence-corrected chi connectivity index (χ0v) is 12.7. The van der Waals surface area contributed by atoms with Gasteiger partial charge in [-0.3, -0.25) is 4.79 Å². The lowest BCUT2D eigenvalue weighted by Gasteiger charge is -1.96. The van der Waals surface area contributed by atoms with E-state index in [-0.39, 0.29) is 5.78 Å². The third-order valence-electron chi connectivity index (χ3n) is 3.41. The number of aromatic nitrogens is 3. The lowest BCUT2D eigenvalue weighted by molar-refractivity contribution is 0.101. The third kappa shape index (κ3) is 3.36. The second-order valence-electron chi connectivity index (χ2n) is 5.09. The molecule has 3 rings (SSSR count). The van der Waals surface area contributed by atoms with Crippen LogP contribution in [0.25, 0.3) is 11.0 Å². The molecular formula is C16H17N3OS. The Balaban J connectivity index is 1.50. The summed E-state index contributed by atoms with van der Waals surface area (Å²) in [5.74, 6) is 1.08. The number of ketones is 1. The van der Waals surface area contributed by atoms with Crippen molar-refractivity contribution in [3.05, 3.63) is 46.2 Å². The Kier molecular flexibility index (Phi) is 4.10. The highest BCUT2D eigenvalue weighted by Gasteiger charge is 2.06. The van der Waals surface area contributed by atoms with Crippen LogP contribution in [0.15, 0.2) is 29.6 Å². The quantitative estimate of drug-likeness (QED) is 0.556. The molecule has 2 heterocycles. The number of fused-ring (bicyclic) bond motifs is 1. The zero-order chi connectivity index (χ0) is 14.7.